The number of hydrogen-bond donors (Lipinski definition) is 1. The highest BCUT2D eigenvalue weighted by Gasteiger charge is 2.11. The van der Waals surface area contributed by atoms with Crippen LogP contribution in [0.15, 0.2) is 29.4 Å². The van der Waals surface area contributed by atoms with E-state index >= 15 is 0 Å². The van der Waals surface area contributed by atoms with E-state index in [-0.39, 0.29) is 0 Å². The monoisotopic (exact) mass is 197 g/mol. The molecule has 1 aromatic rings. The fourth-order valence-corrected chi connectivity index (χ4v) is 2.00. The number of hydrogen-bond acceptors (Lipinski definition) is 3. The minimum Gasteiger partial charge on any atom is -0.390 e. The first-order valence-corrected chi connectivity index (χ1v) is 5.32. The lowest BCUT2D eigenvalue weighted by atomic mass is 10.1. The predicted octanol–water partition coefficient (Wildman–Crippen LogP) is 2.33. The maximum atomic E-state index is 9.47. The van der Waals surface area contributed by atoms with Gasteiger partial charge in [-0.1, -0.05) is 0 Å². The Morgan fingerprint density at radius 2 is 2.00 bits per heavy atom. The van der Waals surface area contributed by atoms with Crippen LogP contribution in [0.2, 0.25) is 0 Å². The Hall–Kier alpha value is -0.540. The summed E-state index contributed by atoms with van der Waals surface area (Å²) in [4.78, 5) is 5.15. The number of rotatable bonds is 4. The number of pyridine rings is 1. The van der Waals surface area contributed by atoms with Gasteiger partial charge in [0.25, 0.3) is 0 Å². The standard InChI is InChI=1S/C10H15NOS/c1-10(2,12)5-8-13-9-3-6-11-7-4-9/h3-4,6-7,12H,5,8H2,1-2H3. The Balaban J connectivity index is 2.29. The average Bonchev–Trinajstić information content (AvgIpc) is 2.04. The predicted molar refractivity (Wildman–Crippen MR) is 55.9 cm³/mol. The zero-order chi connectivity index (χ0) is 9.73. The van der Waals surface area contributed by atoms with Gasteiger partial charge in [0.05, 0.1) is 5.60 Å². The van der Waals surface area contributed by atoms with Gasteiger partial charge >= 0.3 is 0 Å². The van der Waals surface area contributed by atoms with Gasteiger partial charge in [-0.25, -0.2) is 0 Å². The fraction of sp³-hybridized carbons (Fsp3) is 0.500. The van der Waals surface area contributed by atoms with E-state index in [4.69, 9.17) is 0 Å². The van der Waals surface area contributed by atoms with E-state index in [1.165, 1.54) is 4.90 Å². The fourth-order valence-electron chi connectivity index (χ4n) is 0.853. The van der Waals surface area contributed by atoms with E-state index in [0.717, 1.165) is 12.2 Å². The molecule has 0 aliphatic rings. The van der Waals surface area contributed by atoms with E-state index < -0.39 is 5.60 Å². The van der Waals surface area contributed by atoms with Crippen molar-refractivity contribution in [3.8, 4) is 0 Å². The van der Waals surface area contributed by atoms with Crippen molar-refractivity contribution in [2.24, 2.45) is 0 Å². The van der Waals surface area contributed by atoms with Crippen molar-refractivity contribution in [2.45, 2.75) is 30.8 Å². The largest absolute Gasteiger partial charge is 0.390 e. The number of aliphatic hydroxyl groups is 1. The molecule has 0 fully saturated rings. The van der Waals surface area contributed by atoms with Crippen LogP contribution in [0.4, 0.5) is 0 Å². The first-order valence-electron chi connectivity index (χ1n) is 4.33. The lowest BCUT2D eigenvalue weighted by Crippen LogP contribution is -2.18. The molecule has 0 aromatic carbocycles. The highest BCUT2D eigenvalue weighted by atomic mass is 32.2. The lowest BCUT2D eigenvalue weighted by Gasteiger charge is -2.15. The Bertz CT molecular complexity index is 243. The van der Waals surface area contributed by atoms with Gasteiger partial charge < -0.3 is 5.11 Å². The quantitative estimate of drug-likeness (QED) is 0.752. The molecular formula is C10H15NOS. The summed E-state index contributed by atoms with van der Waals surface area (Å²) in [7, 11) is 0. The Labute approximate surface area is 83.4 Å². The van der Waals surface area contributed by atoms with Crippen LogP contribution in [-0.2, 0) is 0 Å². The third kappa shape index (κ3) is 4.90. The van der Waals surface area contributed by atoms with Crippen LogP contribution in [0.5, 0.6) is 0 Å². The molecule has 0 aliphatic carbocycles. The summed E-state index contributed by atoms with van der Waals surface area (Å²) in [5, 5.41) is 9.47. The topological polar surface area (TPSA) is 33.1 Å². The van der Waals surface area contributed by atoms with E-state index in [1.54, 1.807) is 24.2 Å². The van der Waals surface area contributed by atoms with Crippen LogP contribution in [0, 0.1) is 0 Å². The minimum atomic E-state index is -0.556. The van der Waals surface area contributed by atoms with E-state index in [1.807, 2.05) is 26.0 Å². The molecule has 3 heteroatoms. The van der Waals surface area contributed by atoms with Crippen LogP contribution in [0.1, 0.15) is 20.3 Å². The molecule has 1 N–H and O–H groups in total. The molecule has 0 saturated carbocycles. The number of aromatic nitrogens is 1. The SMILES string of the molecule is CC(C)(O)CCSc1ccncc1. The summed E-state index contributed by atoms with van der Waals surface area (Å²) in [6, 6.07) is 3.96. The minimum absolute atomic E-state index is 0.556. The molecule has 0 radical (unpaired) electrons. The van der Waals surface area contributed by atoms with Crippen LogP contribution in [0.3, 0.4) is 0 Å². The molecule has 72 valence electrons. The lowest BCUT2D eigenvalue weighted by molar-refractivity contribution is 0.0778. The molecule has 0 saturated heterocycles. The summed E-state index contributed by atoms with van der Waals surface area (Å²) < 4.78 is 0. The molecule has 0 amide bonds. The Morgan fingerprint density at radius 1 is 1.38 bits per heavy atom. The zero-order valence-electron chi connectivity index (χ0n) is 8.03. The van der Waals surface area contributed by atoms with Gasteiger partial charge in [-0.05, 0) is 32.4 Å². The van der Waals surface area contributed by atoms with E-state index in [9.17, 15) is 5.11 Å². The smallest absolute Gasteiger partial charge is 0.0599 e. The van der Waals surface area contributed by atoms with Gasteiger partial charge in [0.1, 0.15) is 0 Å². The van der Waals surface area contributed by atoms with Gasteiger partial charge in [0, 0.05) is 23.0 Å². The molecule has 0 spiro atoms. The van der Waals surface area contributed by atoms with Crippen LogP contribution in [0.25, 0.3) is 0 Å². The summed E-state index contributed by atoms with van der Waals surface area (Å²) in [5.74, 6) is 0.938. The molecule has 0 unspecified atom stereocenters. The van der Waals surface area contributed by atoms with Crippen LogP contribution >= 0.6 is 11.8 Å². The van der Waals surface area contributed by atoms with Crippen LogP contribution in [-0.4, -0.2) is 21.4 Å². The molecule has 1 rings (SSSR count). The van der Waals surface area contributed by atoms with Crippen molar-refractivity contribution in [3.05, 3.63) is 24.5 Å². The van der Waals surface area contributed by atoms with E-state index in [0.29, 0.717) is 0 Å². The van der Waals surface area contributed by atoms with E-state index in [2.05, 4.69) is 4.98 Å². The Morgan fingerprint density at radius 3 is 2.54 bits per heavy atom. The van der Waals surface area contributed by atoms with Crippen molar-refractivity contribution >= 4 is 11.8 Å². The molecule has 1 aromatic heterocycles. The summed E-state index contributed by atoms with van der Waals surface area (Å²) >= 11 is 1.75. The molecular weight excluding hydrogens is 182 g/mol. The van der Waals surface area contributed by atoms with Crippen molar-refractivity contribution in [2.75, 3.05) is 5.75 Å². The zero-order valence-corrected chi connectivity index (χ0v) is 8.84. The highest BCUT2D eigenvalue weighted by Crippen LogP contribution is 2.20. The first kappa shape index (κ1) is 10.5. The van der Waals surface area contributed by atoms with Crippen molar-refractivity contribution in [1.29, 1.82) is 0 Å². The van der Waals surface area contributed by atoms with Gasteiger partial charge in [-0.2, -0.15) is 0 Å². The third-order valence-corrected chi connectivity index (χ3v) is 2.65. The maximum absolute atomic E-state index is 9.47. The summed E-state index contributed by atoms with van der Waals surface area (Å²) in [5.41, 5.74) is -0.556. The first-order chi connectivity index (χ1) is 6.08. The van der Waals surface area contributed by atoms with Gasteiger partial charge in [0.2, 0.25) is 0 Å². The van der Waals surface area contributed by atoms with Gasteiger partial charge in [0.15, 0.2) is 0 Å². The molecule has 0 bridgehead atoms. The Kier molecular flexibility index (Phi) is 3.75. The van der Waals surface area contributed by atoms with Gasteiger partial charge in [-0.15, -0.1) is 11.8 Å². The highest BCUT2D eigenvalue weighted by molar-refractivity contribution is 7.99. The number of thioether (sulfide) groups is 1. The average molecular weight is 197 g/mol. The van der Waals surface area contributed by atoms with Gasteiger partial charge in [-0.3, -0.25) is 4.98 Å². The third-order valence-electron chi connectivity index (χ3n) is 1.63. The second kappa shape index (κ2) is 4.63. The normalized spacial score (nSPS) is 11.6. The summed E-state index contributed by atoms with van der Waals surface area (Å²) in [6.45, 7) is 3.67. The van der Waals surface area contributed by atoms with Crippen molar-refractivity contribution in [3.63, 3.8) is 0 Å². The molecule has 2 nitrogen and oxygen atoms in total. The van der Waals surface area contributed by atoms with Crippen LogP contribution < -0.4 is 0 Å². The summed E-state index contributed by atoms with van der Waals surface area (Å²) in [6.07, 6.45) is 4.37. The molecule has 13 heavy (non-hydrogen) atoms. The van der Waals surface area contributed by atoms with Crippen molar-refractivity contribution in [1.82, 2.24) is 4.98 Å². The maximum Gasteiger partial charge on any atom is 0.0599 e. The molecule has 0 atom stereocenters. The second-order valence-corrected chi connectivity index (χ2v) is 4.76. The second-order valence-electron chi connectivity index (χ2n) is 3.59. The molecule has 0 aliphatic heterocycles. The van der Waals surface area contributed by atoms with Crippen molar-refractivity contribution < 1.29 is 5.11 Å². The molecule has 1 heterocycles. The number of nitrogens with zero attached hydrogens (tertiary/aromatic N) is 1.